The topological polar surface area (TPSA) is 17.8 Å². The molecule has 19 heavy (non-hydrogen) atoms. The summed E-state index contributed by atoms with van der Waals surface area (Å²) in [5, 5.41) is 4.42. The Morgan fingerprint density at radius 2 is 1.37 bits per heavy atom. The van der Waals surface area contributed by atoms with Crippen LogP contribution >= 0.6 is 0 Å². The van der Waals surface area contributed by atoms with Gasteiger partial charge < -0.3 is 0 Å². The highest BCUT2D eigenvalue weighted by atomic mass is 15.3. The van der Waals surface area contributed by atoms with Crippen LogP contribution in [-0.4, -0.2) is 9.78 Å². The molecule has 0 radical (unpaired) electrons. The van der Waals surface area contributed by atoms with Crippen molar-refractivity contribution in [2.75, 3.05) is 0 Å². The molecule has 0 fully saturated rings. The van der Waals surface area contributed by atoms with E-state index in [9.17, 15) is 0 Å². The second-order valence-corrected chi connectivity index (χ2v) is 4.61. The van der Waals surface area contributed by atoms with Crippen molar-refractivity contribution in [1.29, 1.82) is 0 Å². The first-order valence-corrected chi connectivity index (χ1v) is 6.55. The summed E-state index contributed by atoms with van der Waals surface area (Å²) in [5.41, 5.74) is 3.75. The van der Waals surface area contributed by atoms with Crippen molar-refractivity contribution in [3.05, 3.63) is 84.2 Å². The molecule has 0 aliphatic rings. The van der Waals surface area contributed by atoms with Crippen molar-refractivity contribution in [2.24, 2.45) is 0 Å². The van der Waals surface area contributed by atoms with Crippen LogP contribution < -0.4 is 0 Å². The number of benzene rings is 2. The van der Waals surface area contributed by atoms with Gasteiger partial charge in [-0.2, -0.15) is 5.10 Å². The van der Waals surface area contributed by atoms with E-state index < -0.39 is 0 Å². The van der Waals surface area contributed by atoms with Crippen LogP contribution in [0, 0.1) is 0 Å². The van der Waals surface area contributed by atoms with E-state index in [1.165, 1.54) is 11.1 Å². The fourth-order valence-electron chi connectivity index (χ4n) is 2.14. The monoisotopic (exact) mass is 248 g/mol. The number of rotatable bonds is 4. The molecule has 1 aromatic heterocycles. The fourth-order valence-corrected chi connectivity index (χ4v) is 2.14. The summed E-state index contributed by atoms with van der Waals surface area (Å²) < 4.78 is 1.93. The largest absolute Gasteiger partial charge is 0.241 e. The van der Waals surface area contributed by atoms with Gasteiger partial charge in [-0.3, -0.25) is 0 Å². The van der Waals surface area contributed by atoms with Gasteiger partial charge in [-0.25, -0.2) is 4.68 Å². The molecule has 1 heterocycles. The van der Waals surface area contributed by atoms with E-state index in [1.54, 1.807) is 0 Å². The number of aromatic nitrogens is 2. The van der Waals surface area contributed by atoms with Gasteiger partial charge in [0.2, 0.25) is 0 Å². The van der Waals surface area contributed by atoms with E-state index in [1.807, 2.05) is 29.1 Å². The van der Waals surface area contributed by atoms with Gasteiger partial charge in [-0.1, -0.05) is 48.5 Å². The highest BCUT2D eigenvalue weighted by Gasteiger charge is 2.01. The summed E-state index contributed by atoms with van der Waals surface area (Å²) in [4.78, 5) is 0. The highest BCUT2D eigenvalue weighted by molar-refractivity contribution is 5.31. The Labute approximate surface area is 113 Å². The number of hydrogen-bond acceptors (Lipinski definition) is 1. The molecule has 0 aliphatic heterocycles. The minimum absolute atomic E-state index is 1.02. The number of hydrogen-bond donors (Lipinski definition) is 0. The summed E-state index contributed by atoms with van der Waals surface area (Å²) in [5.74, 6) is 0. The minimum Gasteiger partial charge on any atom is -0.241 e. The van der Waals surface area contributed by atoms with Crippen LogP contribution in [0.15, 0.2) is 73.1 Å². The second kappa shape index (κ2) is 5.53. The maximum Gasteiger partial charge on any atom is 0.0645 e. The molecule has 3 rings (SSSR count). The first kappa shape index (κ1) is 11.7. The van der Waals surface area contributed by atoms with Crippen LogP contribution in [0.5, 0.6) is 0 Å². The Hall–Kier alpha value is -2.35. The molecule has 2 heteroatoms. The first-order valence-electron chi connectivity index (χ1n) is 6.55. The molecule has 0 N–H and O–H groups in total. The molecule has 0 bridgehead atoms. The van der Waals surface area contributed by atoms with Gasteiger partial charge in [-0.05, 0) is 36.1 Å². The molecule has 94 valence electrons. The van der Waals surface area contributed by atoms with Gasteiger partial charge in [0.15, 0.2) is 0 Å². The molecule has 0 unspecified atom stereocenters. The van der Waals surface area contributed by atoms with E-state index >= 15 is 0 Å². The van der Waals surface area contributed by atoms with Crippen LogP contribution in [0.1, 0.15) is 11.1 Å². The highest BCUT2D eigenvalue weighted by Crippen LogP contribution is 2.10. The Morgan fingerprint density at radius 3 is 2.11 bits per heavy atom. The molecule has 2 nitrogen and oxygen atoms in total. The predicted octanol–water partition coefficient (Wildman–Crippen LogP) is 3.66. The van der Waals surface area contributed by atoms with Crippen LogP contribution in [-0.2, 0) is 12.8 Å². The number of aryl methyl sites for hydroxylation is 2. The third kappa shape index (κ3) is 2.91. The number of nitrogens with zero attached hydrogens (tertiary/aromatic N) is 2. The summed E-state index contributed by atoms with van der Waals surface area (Å²) in [6.07, 6.45) is 6.15. The third-order valence-electron chi connectivity index (χ3n) is 3.20. The standard InChI is InChI=1S/C17H16N2/c1-3-7-15(8-4-1)11-12-16-13-18-19(14-16)17-9-5-2-6-10-17/h1-10,13-14H,11-12H2. The van der Waals surface area contributed by atoms with E-state index in [0.717, 1.165) is 18.5 Å². The SMILES string of the molecule is c1ccc(CCc2cnn(-c3ccccc3)c2)cc1. The molecular weight excluding hydrogens is 232 g/mol. The molecule has 3 aromatic rings. The summed E-state index contributed by atoms with van der Waals surface area (Å²) in [6.45, 7) is 0. The van der Waals surface area contributed by atoms with Gasteiger partial charge >= 0.3 is 0 Å². The fraction of sp³-hybridized carbons (Fsp3) is 0.118. The average Bonchev–Trinajstić information content (AvgIpc) is 2.96. The van der Waals surface area contributed by atoms with Crippen molar-refractivity contribution in [2.45, 2.75) is 12.8 Å². The number of para-hydroxylation sites is 1. The maximum atomic E-state index is 4.42. The molecule has 0 saturated heterocycles. The molecule has 0 saturated carbocycles. The quantitative estimate of drug-likeness (QED) is 0.689. The van der Waals surface area contributed by atoms with Crippen molar-refractivity contribution in [1.82, 2.24) is 9.78 Å². The van der Waals surface area contributed by atoms with Crippen molar-refractivity contribution >= 4 is 0 Å². The lowest BCUT2D eigenvalue weighted by molar-refractivity contribution is 0.878. The smallest absolute Gasteiger partial charge is 0.0645 e. The lowest BCUT2D eigenvalue weighted by atomic mass is 10.1. The van der Waals surface area contributed by atoms with E-state index in [2.05, 4.69) is 53.8 Å². The molecule has 0 atom stereocenters. The van der Waals surface area contributed by atoms with E-state index in [4.69, 9.17) is 0 Å². The Bertz CT molecular complexity index is 627. The average molecular weight is 248 g/mol. The Kier molecular flexibility index (Phi) is 3.41. The second-order valence-electron chi connectivity index (χ2n) is 4.61. The Morgan fingerprint density at radius 1 is 0.737 bits per heavy atom. The van der Waals surface area contributed by atoms with Crippen LogP contribution in [0.2, 0.25) is 0 Å². The third-order valence-corrected chi connectivity index (χ3v) is 3.20. The molecule has 2 aromatic carbocycles. The Balaban J connectivity index is 1.69. The van der Waals surface area contributed by atoms with Gasteiger partial charge in [-0.15, -0.1) is 0 Å². The van der Waals surface area contributed by atoms with Crippen LogP contribution in [0.3, 0.4) is 0 Å². The molecule has 0 aliphatic carbocycles. The minimum atomic E-state index is 1.02. The van der Waals surface area contributed by atoms with E-state index in [-0.39, 0.29) is 0 Å². The van der Waals surface area contributed by atoms with Crippen LogP contribution in [0.4, 0.5) is 0 Å². The van der Waals surface area contributed by atoms with E-state index in [0.29, 0.717) is 0 Å². The van der Waals surface area contributed by atoms with Crippen molar-refractivity contribution in [3.8, 4) is 5.69 Å². The van der Waals surface area contributed by atoms with Gasteiger partial charge in [0, 0.05) is 6.20 Å². The van der Waals surface area contributed by atoms with Gasteiger partial charge in [0.1, 0.15) is 0 Å². The lowest BCUT2D eigenvalue weighted by Crippen LogP contribution is -1.93. The summed E-state index contributed by atoms with van der Waals surface area (Å²) in [7, 11) is 0. The van der Waals surface area contributed by atoms with Gasteiger partial charge in [0.25, 0.3) is 0 Å². The molecule has 0 spiro atoms. The van der Waals surface area contributed by atoms with Crippen molar-refractivity contribution in [3.63, 3.8) is 0 Å². The van der Waals surface area contributed by atoms with Gasteiger partial charge in [0.05, 0.1) is 11.9 Å². The molecular formula is C17H16N2. The van der Waals surface area contributed by atoms with Crippen LogP contribution in [0.25, 0.3) is 5.69 Å². The normalized spacial score (nSPS) is 10.5. The predicted molar refractivity (Wildman–Crippen MR) is 77.4 cm³/mol. The maximum absolute atomic E-state index is 4.42. The molecule has 0 amide bonds. The van der Waals surface area contributed by atoms with Crippen molar-refractivity contribution < 1.29 is 0 Å². The summed E-state index contributed by atoms with van der Waals surface area (Å²) >= 11 is 0. The summed E-state index contributed by atoms with van der Waals surface area (Å²) in [6, 6.07) is 20.8. The lowest BCUT2D eigenvalue weighted by Gasteiger charge is -2.00. The zero-order chi connectivity index (χ0) is 12.9. The first-order chi connectivity index (χ1) is 9.42. The zero-order valence-electron chi connectivity index (χ0n) is 10.7. The zero-order valence-corrected chi connectivity index (χ0v) is 10.7.